The minimum atomic E-state index is 0.592. The molecule has 0 amide bonds. The van der Waals surface area contributed by atoms with Crippen molar-refractivity contribution in [1.29, 1.82) is 0 Å². The molecule has 39 heavy (non-hydrogen) atoms. The number of aryl methyl sites for hydroxylation is 2. The number of hydrogen-bond donors (Lipinski definition) is 1. The maximum Gasteiger partial charge on any atom is 0.227 e. The smallest absolute Gasteiger partial charge is 0.227 e. The van der Waals surface area contributed by atoms with Crippen LogP contribution in [0.3, 0.4) is 0 Å². The summed E-state index contributed by atoms with van der Waals surface area (Å²) in [6, 6.07) is 21.6. The summed E-state index contributed by atoms with van der Waals surface area (Å²) in [7, 11) is 2.23. The lowest BCUT2D eigenvalue weighted by atomic mass is 9.91. The van der Waals surface area contributed by atoms with Gasteiger partial charge in [0.05, 0.1) is 0 Å². The Balaban J connectivity index is 1.09. The van der Waals surface area contributed by atoms with Crippen molar-refractivity contribution in [2.75, 3.05) is 32.0 Å². The second kappa shape index (κ2) is 11.7. The Kier molecular flexibility index (Phi) is 7.75. The van der Waals surface area contributed by atoms with Crippen molar-refractivity contribution in [3.63, 3.8) is 0 Å². The highest BCUT2D eigenvalue weighted by molar-refractivity contribution is 5.62. The van der Waals surface area contributed by atoms with Gasteiger partial charge in [0, 0.05) is 43.5 Å². The fourth-order valence-corrected chi connectivity index (χ4v) is 5.84. The first-order valence-corrected chi connectivity index (χ1v) is 14.4. The fourth-order valence-electron chi connectivity index (χ4n) is 5.84. The highest BCUT2D eigenvalue weighted by Crippen LogP contribution is 2.31. The SMILES string of the molecule is Cc1cnc(Nc2ccc(CCC3CCN(C)CC3)cc2)nc1-c1cc2c(o1)CCN(Cc1ccccc1)C2. The van der Waals surface area contributed by atoms with E-state index in [1.54, 1.807) is 0 Å². The van der Waals surface area contributed by atoms with Crippen molar-refractivity contribution in [2.24, 2.45) is 5.92 Å². The Morgan fingerprint density at radius 2 is 1.77 bits per heavy atom. The van der Waals surface area contributed by atoms with E-state index in [1.165, 1.54) is 49.0 Å². The van der Waals surface area contributed by atoms with Crippen LogP contribution >= 0.6 is 0 Å². The lowest BCUT2D eigenvalue weighted by Crippen LogP contribution is -2.30. The van der Waals surface area contributed by atoms with Gasteiger partial charge in [-0.1, -0.05) is 42.5 Å². The number of rotatable bonds is 8. The van der Waals surface area contributed by atoms with Crippen molar-refractivity contribution in [1.82, 2.24) is 19.8 Å². The molecule has 2 aromatic heterocycles. The molecule has 1 fully saturated rings. The van der Waals surface area contributed by atoms with Gasteiger partial charge >= 0.3 is 0 Å². The number of anilines is 2. The molecule has 6 heteroatoms. The molecule has 1 saturated heterocycles. The Hall–Kier alpha value is -3.48. The molecule has 2 aliphatic heterocycles. The van der Waals surface area contributed by atoms with Gasteiger partial charge in [-0.3, -0.25) is 4.90 Å². The second-order valence-electron chi connectivity index (χ2n) is 11.3. The van der Waals surface area contributed by atoms with E-state index < -0.39 is 0 Å². The van der Waals surface area contributed by atoms with Crippen LogP contribution in [0.5, 0.6) is 0 Å². The molecule has 2 aliphatic rings. The third-order valence-electron chi connectivity index (χ3n) is 8.29. The van der Waals surface area contributed by atoms with Crippen molar-refractivity contribution in [2.45, 2.75) is 52.1 Å². The third kappa shape index (κ3) is 6.40. The van der Waals surface area contributed by atoms with Crippen LogP contribution in [0, 0.1) is 12.8 Å². The largest absolute Gasteiger partial charge is 0.459 e. The topological polar surface area (TPSA) is 57.4 Å². The Bertz CT molecular complexity index is 1370. The number of nitrogens with zero attached hydrogens (tertiary/aromatic N) is 4. The molecule has 6 rings (SSSR count). The number of piperidine rings is 1. The molecule has 0 bridgehead atoms. The van der Waals surface area contributed by atoms with Crippen molar-refractivity contribution < 1.29 is 4.42 Å². The van der Waals surface area contributed by atoms with Gasteiger partial charge in [0.15, 0.2) is 5.76 Å². The van der Waals surface area contributed by atoms with Crippen molar-refractivity contribution >= 4 is 11.6 Å². The first-order chi connectivity index (χ1) is 19.1. The zero-order valence-electron chi connectivity index (χ0n) is 23.2. The van der Waals surface area contributed by atoms with Crippen molar-refractivity contribution in [3.8, 4) is 11.5 Å². The molecular formula is C33H39N5O. The summed E-state index contributed by atoms with van der Waals surface area (Å²) in [5, 5.41) is 3.40. The normalized spacial score (nSPS) is 16.8. The Morgan fingerprint density at radius 3 is 2.56 bits per heavy atom. The molecule has 0 radical (unpaired) electrons. The van der Waals surface area contributed by atoms with E-state index in [4.69, 9.17) is 9.40 Å². The van der Waals surface area contributed by atoms with Crippen molar-refractivity contribution in [3.05, 3.63) is 94.9 Å². The van der Waals surface area contributed by atoms with Crippen LogP contribution < -0.4 is 5.32 Å². The zero-order chi connectivity index (χ0) is 26.6. The minimum Gasteiger partial charge on any atom is -0.459 e. The quantitative estimate of drug-likeness (QED) is 0.281. The van der Waals surface area contributed by atoms with Crippen LogP contribution in [0.25, 0.3) is 11.5 Å². The lowest BCUT2D eigenvalue weighted by Gasteiger charge is -2.28. The predicted molar refractivity (Wildman–Crippen MR) is 157 cm³/mol. The number of furan rings is 1. The molecule has 0 aliphatic carbocycles. The molecule has 0 unspecified atom stereocenters. The van der Waals surface area contributed by atoms with Crippen LogP contribution in [0.15, 0.2) is 71.3 Å². The summed E-state index contributed by atoms with van der Waals surface area (Å²) in [5.74, 6) is 3.36. The van der Waals surface area contributed by atoms with E-state index in [1.807, 2.05) is 13.1 Å². The van der Waals surface area contributed by atoms with Gasteiger partial charge < -0.3 is 14.6 Å². The highest BCUT2D eigenvalue weighted by Gasteiger charge is 2.23. The van der Waals surface area contributed by atoms with Crippen LogP contribution in [0.2, 0.25) is 0 Å². The predicted octanol–water partition coefficient (Wildman–Crippen LogP) is 6.62. The van der Waals surface area contributed by atoms with E-state index in [2.05, 4.69) is 87.8 Å². The number of hydrogen-bond acceptors (Lipinski definition) is 6. The molecule has 0 saturated carbocycles. The molecule has 6 nitrogen and oxygen atoms in total. The first-order valence-electron chi connectivity index (χ1n) is 14.4. The highest BCUT2D eigenvalue weighted by atomic mass is 16.3. The van der Waals surface area contributed by atoms with E-state index in [-0.39, 0.29) is 0 Å². The maximum atomic E-state index is 6.33. The van der Waals surface area contributed by atoms with Crippen LogP contribution in [0.1, 0.15) is 47.3 Å². The van der Waals surface area contributed by atoms with Gasteiger partial charge in [-0.2, -0.15) is 0 Å². The van der Waals surface area contributed by atoms with E-state index in [0.29, 0.717) is 5.95 Å². The van der Waals surface area contributed by atoms with Crippen LogP contribution in [0.4, 0.5) is 11.6 Å². The van der Waals surface area contributed by atoms with Crippen LogP contribution in [-0.2, 0) is 25.9 Å². The number of likely N-dealkylation sites (tertiary alicyclic amines) is 1. The summed E-state index contributed by atoms with van der Waals surface area (Å²) in [4.78, 5) is 14.3. The average Bonchev–Trinajstić information content (AvgIpc) is 3.38. The Labute approximate surface area is 232 Å². The van der Waals surface area contributed by atoms with Crippen LogP contribution in [-0.4, -0.2) is 46.4 Å². The summed E-state index contributed by atoms with van der Waals surface area (Å²) < 4.78 is 6.33. The maximum absolute atomic E-state index is 6.33. The molecule has 0 atom stereocenters. The van der Waals surface area contributed by atoms with Gasteiger partial charge in [-0.25, -0.2) is 9.97 Å². The summed E-state index contributed by atoms with van der Waals surface area (Å²) in [5.41, 5.74) is 6.87. The van der Waals surface area contributed by atoms with Gasteiger partial charge in [0.2, 0.25) is 5.95 Å². The fraction of sp³-hybridized carbons (Fsp3) is 0.394. The molecule has 4 aromatic rings. The average molecular weight is 522 g/mol. The first kappa shape index (κ1) is 25.8. The molecular weight excluding hydrogens is 482 g/mol. The molecule has 0 spiro atoms. The summed E-state index contributed by atoms with van der Waals surface area (Å²) in [6.07, 6.45) is 7.88. The van der Waals surface area contributed by atoms with E-state index in [0.717, 1.165) is 66.9 Å². The molecule has 202 valence electrons. The summed E-state index contributed by atoms with van der Waals surface area (Å²) >= 11 is 0. The minimum absolute atomic E-state index is 0.592. The lowest BCUT2D eigenvalue weighted by molar-refractivity contribution is 0.212. The standard InChI is InChI=1S/C33H39N5O/c1-24-21-34-33(35-29-12-10-25(11-13-29)8-9-26-14-17-37(2)18-15-26)36-32(24)31-20-28-23-38(19-16-30(28)39-31)22-27-6-4-3-5-7-27/h3-7,10-13,20-21,26H,8-9,14-19,22-23H2,1-2H3,(H,34,35,36). The summed E-state index contributed by atoms with van der Waals surface area (Å²) in [6.45, 7) is 7.37. The third-order valence-corrected chi connectivity index (χ3v) is 8.29. The van der Waals surface area contributed by atoms with E-state index >= 15 is 0 Å². The molecule has 2 aromatic carbocycles. The Morgan fingerprint density at radius 1 is 0.974 bits per heavy atom. The molecule has 1 N–H and O–H groups in total. The molecule has 4 heterocycles. The number of nitrogens with one attached hydrogen (secondary N) is 1. The zero-order valence-corrected chi connectivity index (χ0v) is 23.2. The number of aromatic nitrogens is 2. The number of benzene rings is 2. The van der Waals surface area contributed by atoms with Gasteiger partial charge in [0.1, 0.15) is 11.5 Å². The number of fused-ring (bicyclic) bond motifs is 1. The monoisotopic (exact) mass is 521 g/mol. The second-order valence-corrected chi connectivity index (χ2v) is 11.3. The van der Waals surface area contributed by atoms with E-state index in [9.17, 15) is 0 Å². The van der Waals surface area contributed by atoms with Gasteiger partial charge in [-0.15, -0.1) is 0 Å². The van der Waals surface area contributed by atoms with Gasteiger partial charge in [-0.05, 0) is 93.6 Å². The van der Waals surface area contributed by atoms with Gasteiger partial charge in [0.25, 0.3) is 0 Å².